The van der Waals surface area contributed by atoms with Gasteiger partial charge >= 0.3 is 0 Å². The predicted molar refractivity (Wildman–Crippen MR) is 58.1 cm³/mol. The second-order valence-corrected chi connectivity index (χ2v) is 6.29. The fourth-order valence-corrected chi connectivity index (χ4v) is 3.38. The molecule has 0 aromatic rings. The average molecular weight is 234 g/mol. The molecule has 2 atom stereocenters. The van der Waals surface area contributed by atoms with Crippen LogP contribution >= 0.6 is 0 Å². The van der Waals surface area contributed by atoms with Crippen molar-refractivity contribution in [2.75, 3.05) is 12.3 Å². The minimum Gasteiger partial charge on any atom is -0.353 e. The number of hydrogen-bond acceptors (Lipinski definition) is 4. The van der Waals surface area contributed by atoms with Gasteiger partial charge in [-0.15, -0.1) is 0 Å². The van der Waals surface area contributed by atoms with Crippen molar-refractivity contribution in [1.29, 1.82) is 0 Å². The number of hydrogen-bond donors (Lipinski definition) is 2. The maximum Gasteiger partial charge on any atom is 0.236 e. The summed E-state index contributed by atoms with van der Waals surface area (Å²) >= 11 is 0. The van der Waals surface area contributed by atoms with Crippen LogP contribution in [0.3, 0.4) is 0 Å². The lowest BCUT2D eigenvalue weighted by Gasteiger charge is -2.13. The highest BCUT2D eigenvalue weighted by Gasteiger charge is 2.31. The van der Waals surface area contributed by atoms with Gasteiger partial charge in [-0.3, -0.25) is 4.79 Å². The summed E-state index contributed by atoms with van der Waals surface area (Å²) in [5.41, 5.74) is 5.51. The number of nitrogens with one attached hydrogen (secondary N) is 1. The third-order valence-electron chi connectivity index (χ3n) is 2.74. The minimum absolute atomic E-state index is 0.203. The zero-order valence-corrected chi connectivity index (χ0v) is 9.72. The van der Waals surface area contributed by atoms with Crippen LogP contribution in [-0.2, 0) is 14.6 Å². The van der Waals surface area contributed by atoms with Crippen molar-refractivity contribution >= 4 is 15.7 Å². The molecule has 0 bridgehead atoms. The van der Waals surface area contributed by atoms with Crippen molar-refractivity contribution in [3.63, 3.8) is 0 Å². The zero-order valence-electron chi connectivity index (χ0n) is 8.90. The number of nitrogens with two attached hydrogens (primary N) is 1. The SMILES string of the molecule is CCC(N)C(=O)NCC1CCCS1(=O)=O. The van der Waals surface area contributed by atoms with Gasteiger partial charge < -0.3 is 11.1 Å². The fraction of sp³-hybridized carbons (Fsp3) is 0.889. The van der Waals surface area contributed by atoms with E-state index in [9.17, 15) is 13.2 Å². The van der Waals surface area contributed by atoms with Crippen molar-refractivity contribution in [3.8, 4) is 0 Å². The Bertz CT molecular complexity index is 326. The maximum atomic E-state index is 11.4. The summed E-state index contributed by atoms with van der Waals surface area (Å²) in [4.78, 5) is 11.3. The lowest BCUT2D eigenvalue weighted by atomic mass is 10.2. The summed E-state index contributed by atoms with van der Waals surface area (Å²) in [5, 5.41) is 2.18. The molecule has 0 saturated carbocycles. The molecule has 0 aliphatic carbocycles. The Morgan fingerprint density at radius 1 is 1.60 bits per heavy atom. The van der Waals surface area contributed by atoms with E-state index in [1.54, 1.807) is 0 Å². The summed E-state index contributed by atoms with van der Waals surface area (Å²) in [6, 6.07) is -0.533. The Balaban J connectivity index is 2.41. The molecule has 1 fully saturated rings. The number of rotatable bonds is 4. The monoisotopic (exact) mass is 234 g/mol. The van der Waals surface area contributed by atoms with E-state index >= 15 is 0 Å². The molecule has 1 saturated heterocycles. The van der Waals surface area contributed by atoms with E-state index < -0.39 is 21.1 Å². The molecule has 6 heteroatoms. The van der Waals surface area contributed by atoms with E-state index in [1.165, 1.54) is 0 Å². The highest BCUT2D eigenvalue weighted by Crippen LogP contribution is 2.18. The lowest BCUT2D eigenvalue weighted by molar-refractivity contribution is -0.122. The first-order valence-electron chi connectivity index (χ1n) is 5.22. The normalized spacial score (nSPS) is 26.1. The van der Waals surface area contributed by atoms with Crippen LogP contribution < -0.4 is 11.1 Å². The topological polar surface area (TPSA) is 89.3 Å². The van der Waals surface area contributed by atoms with E-state index in [0.717, 1.165) is 0 Å². The van der Waals surface area contributed by atoms with Crippen molar-refractivity contribution in [2.24, 2.45) is 5.73 Å². The highest BCUT2D eigenvalue weighted by molar-refractivity contribution is 7.92. The Morgan fingerprint density at radius 2 is 2.27 bits per heavy atom. The molecular formula is C9H18N2O3S. The Kier molecular flexibility index (Phi) is 4.10. The Hall–Kier alpha value is -0.620. The molecule has 0 radical (unpaired) electrons. The van der Waals surface area contributed by atoms with Crippen LogP contribution in [0.25, 0.3) is 0 Å². The summed E-state index contributed by atoms with van der Waals surface area (Å²) in [7, 11) is -2.97. The van der Waals surface area contributed by atoms with Crippen molar-refractivity contribution in [3.05, 3.63) is 0 Å². The molecule has 1 heterocycles. The van der Waals surface area contributed by atoms with Gasteiger partial charge in [0, 0.05) is 6.54 Å². The minimum atomic E-state index is -2.97. The van der Waals surface area contributed by atoms with Gasteiger partial charge in [-0.05, 0) is 19.3 Å². The predicted octanol–water partition coefficient (Wildman–Crippen LogP) is -0.583. The quantitative estimate of drug-likeness (QED) is 0.681. The van der Waals surface area contributed by atoms with Gasteiger partial charge in [0.15, 0.2) is 9.84 Å². The lowest BCUT2D eigenvalue weighted by Crippen LogP contribution is -2.43. The van der Waals surface area contributed by atoms with Gasteiger partial charge in [0.1, 0.15) is 0 Å². The van der Waals surface area contributed by atoms with Crippen molar-refractivity contribution in [2.45, 2.75) is 37.5 Å². The van der Waals surface area contributed by atoms with Crippen LogP contribution in [0.4, 0.5) is 0 Å². The molecule has 15 heavy (non-hydrogen) atoms. The third-order valence-corrected chi connectivity index (χ3v) is 5.02. The second kappa shape index (κ2) is 4.94. The Morgan fingerprint density at radius 3 is 2.73 bits per heavy atom. The molecule has 1 rings (SSSR count). The first kappa shape index (κ1) is 12.4. The molecule has 2 unspecified atom stereocenters. The molecule has 88 valence electrons. The molecule has 1 amide bonds. The van der Waals surface area contributed by atoms with Gasteiger partial charge in [-0.2, -0.15) is 0 Å². The number of carbonyl (C=O) groups is 1. The van der Waals surface area contributed by atoms with Crippen molar-refractivity contribution in [1.82, 2.24) is 5.32 Å². The summed E-state index contributed by atoms with van der Waals surface area (Å²) in [6.07, 6.45) is 1.90. The fourth-order valence-electron chi connectivity index (χ4n) is 1.62. The van der Waals surface area contributed by atoms with E-state index in [1.807, 2.05) is 6.92 Å². The number of carbonyl (C=O) groups excluding carboxylic acids is 1. The number of amides is 1. The van der Waals surface area contributed by atoms with E-state index in [4.69, 9.17) is 5.73 Å². The van der Waals surface area contributed by atoms with Crippen LogP contribution in [0, 0.1) is 0 Å². The van der Waals surface area contributed by atoms with Crippen LogP contribution in [0.5, 0.6) is 0 Å². The van der Waals surface area contributed by atoms with Crippen LogP contribution in [0.2, 0.25) is 0 Å². The Labute approximate surface area is 90.3 Å². The molecule has 0 spiro atoms. The summed E-state index contributed by atoms with van der Waals surface area (Å²) in [6.45, 7) is 2.02. The van der Waals surface area contributed by atoms with E-state index in [2.05, 4.69) is 5.32 Å². The standard InChI is InChI=1S/C9H18N2O3S/c1-2-8(10)9(12)11-6-7-4-3-5-15(7,13)14/h7-8H,2-6,10H2,1H3,(H,11,12). The average Bonchev–Trinajstić information content (AvgIpc) is 2.53. The molecular weight excluding hydrogens is 216 g/mol. The molecule has 3 N–H and O–H groups in total. The second-order valence-electron chi connectivity index (χ2n) is 3.89. The zero-order chi connectivity index (χ0) is 11.5. The van der Waals surface area contributed by atoms with Gasteiger partial charge in [0.2, 0.25) is 5.91 Å². The van der Waals surface area contributed by atoms with E-state index in [0.29, 0.717) is 19.3 Å². The van der Waals surface area contributed by atoms with Crippen LogP contribution in [-0.4, -0.2) is 37.9 Å². The maximum absolute atomic E-state index is 11.4. The van der Waals surface area contributed by atoms with Gasteiger partial charge in [-0.1, -0.05) is 6.92 Å². The summed E-state index contributed by atoms with van der Waals surface area (Å²) < 4.78 is 22.9. The molecule has 1 aliphatic rings. The molecule has 5 nitrogen and oxygen atoms in total. The largest absolute Gasteiger partial charge is 0.353 e. The third kappa shape index (κ3) is 3.17. The molecule has 0 aromatic carbocycles. The highest BCUT2D eigenvalue weighted by atomic mass is 32.2. The van der Waals surface area contributed by atoms with Crippen LogP contribution in [0.15, 0.2) is 0 Å². The first-order chi connectivity index (χ1) is 6.97. The van der Waals surface area contributed by atoms with E-state index in [-0.39, 0.29) is 18.2 Å². The van der Waals surface area contributed by atoms with Crippen LogP contribution in [0.1, 0.15) is 26.2 Å². The first-order valence-corrected chi connectivity index (χ1v) is 6.93. The van der Waals surface area contributed by atoms with Gasteiger partial charge in [0.05, 0.1) is 17.0 Å². The summed E-state index contributed by atoms with van der Waals surface area (Å²) in [5.74, 6) is -0.0208. The van der Waals surface area contributed by atoms with Gasteiger partial charge in [-0.25, -0.2) is 8.42 Å². The van der Waals surface area contributed by atoms with Crippen molar-refractivity contribution < 1.29 is 13.2 Å². The molecule has 1 aliphatic heterocycles. The smallest absolute Gasteiger partial charge is 0.236 e. The number of sulfone groups is 1. The van der Waals surface area contributed by atoms with Gasteiger partial charge in [0.25, 0.3) is 0 Å². The molecule has 0 aromatic heterocycles.